The van der Waals surface area contributed by atoms with Crippen LogP contribution in [-0.2, 0) is 20.2 Å². The number of aryl methyl sites for hydroxylation is 3. The number of hydrogen-bond donors (Lipinski definition) is 1. The normalized spacial score (nSPS) is 10.8. The summed E-state index contributed by atoms with van der Waals surface area (Å²) in [5.74, 6) is 0.829. The summed E-state index contributed by atoms with van der Waals surface area (Å²) in [5, 5.41) is 7.60. The zero-order valence-corrected chi connectivity index (χ0v) is 12.6. The minimum Gasteiger partial charge on any atom is -0.485 e. The molecule has 0 atom stereocenters. The predicted octanol–water partition coefficient (Wildman–Crippen LogP) is 2.12. The quantitative estimate of drug-likeness (QED) is 0.876. The van der Waals surface area contributed by atoms with Crippen LogP contribution in [0.5, 0.6) is 5.75 Å². The van der Waals surface area contributed by atoms with Crippen LogP contribution in [0.15, 0.2) is 18.2 Å². The van der Waals surface area contributed by atoms with Gasteiger partial charge in [-0.05, 0) is 38.6 Å². The summed E-state index contributed by atoms with van der Waals surface area (Å²) in [4.78, 5) is 4.54. The Morgan fingerprint density at radius 1 is 1.25 bits per heavy atom. The maximum absolute atomic E-state index is 5.91. The van der Waals surface area contributed by atoms with E-state index in [-0.39, 0.29) is 0 Å². The number of hydrogen-bond acceptors (Lipinski definition) is 4. The lowest BCUT2D eigenvalue weighted by atomic mass is 10.2. The van der Waals surface area contributed by atoms with E-state index in [1.807, 2.05) is 43.8 Å². The number of nitrogens with zero attached hydrogens (tertiary/aromatic N) is 3. The Labute approximate surface area is 120 Å². The molecule has 2 rings (SSSR count). The molecule has 0 bridgehead atoms. The van der Waals surface area contributed by atoms with Crippen molar-refractivity contribution in [3.63, 3.8) is 0 Å². The Balaban J connectivity index is 2.10. The van der Waals surface area contributed by atoms with Gasteiger partial charge in [-0.1, -0.05) is 6.92 Å². The fourth-order valence-corrected chi connectivity index (χ4v) is 2.05. The molecule has 0 saturated carbocycles. The van der Waals surface area contributed by atoms with Crippen molar-refractivity contribution in [2.75, 3.05) is 6.54 Å². The molecule has 1 N–H and O–H groups in total. The molecule has 2 aromatic rings. The molecule has 0 aliphatic heterocycles. The van der Waals surface area contributed by atoms with Crippen LogP contribution >= 0.6 is 0 Å². The smallest absolute Gasteiger partial charge is 0.142 e. The third-order valence-electron chi connectivity index (χ3n) is 3.09. The summed E-state index contributed by atoms with van der Waals surface area (Å²) < 4.78 is 7.75. The molecule has 5 nitrogen and oxygen atoms in total. The van der Waals surface area contributed by atoms with E-state index in [1.54, 1.807) is 0 Å². The number of aromatic nitrogens is 3. The molecule has 108 valence electrons. The van der Waals surface area contributed by atoms with Crippen molar-refractivity contribution in [3.05, 3.63) is 41.0 Å². The van der Waals surface area contributed by atoms with E-state index in [9.17, 15) is 0 Å². The summed E-state index contributed by atoms with van der Waals surface area (Å²) >= 11 is 0. The van der Waals surface area contributed by atoms with Gasteiger partial charge >= 0.3 is 0 Å². The Kier molecular flexibility index (Phi) is 4.74. The Morgan fingerprint density at radius 2 is 2.05 bits per heavy atom. The fraction of sp³-hybridized carbons (Fsp3) is 0.467. The van der Waals surface area contributed by atoms with E-state index in [2.05, 4.69) is 22.3 Å². The molecule has 2 heterocycles. The minimum atomic E-state index is 0.501. The Bertz CT molecular complexity index is 577. The van der Waals surface area contributed by atoms with Crippen LogP contribution < -0.4 is 10.1 Å². The summed E-state index contributed by atoms with van der Waals surface area (Å²) in [6, 6.07) is 5.99. The van der Waals surface area contributed by atoms with Gasteiger partial charge in [-0.25, -0.2) is 0 Å². The molecule has 0 unspecified atom stereocenters. The molecular weight excluding hydrogens is 252 g/mol. The fourth-order valence-electron chi connectivity index (χ4n) is 2.05. The molecule has 5 heteroatoms. The molecule has 0 amide bonds. The first-order chi connectivity index (χ1) is 9.60. The van der Waals surface area contributed by atoms with Crippen molar-refractivity contribution < 1.29 is 4.74 Å². The maximum atomic E-state index is 5.91. The molecule has 0 saturated heterocycles. The van der Waals surface area contributed by atoms with Gasteiger partial charge in [-0.3, -0.25) is 9.67 Å². The highest BCUT2D eigenvalue weighted by Gasteiger charge is 2.08. The van der Waals surface area contributed by atoms with Gasteiger partial charge in [0.05, 0.1) is 17.1 Å². The number of pyridine rings is 1. The van der Waals surface area contributed by atoms with Crippen molar-refractivity contribution in [1.82, 2.24) is 20.1 Å². The largest absolute Gasteiger partial charge is 0.485 e. The third-order valence-corrected chi connectivity index (χ3v) is 3.09. The first-order valence-electron chi connectivity index (χ1n) is 6.89. The second-order valence-electron chi connectivity index (χ2n) is 4.87. The van der Waals surface area contributed by atoms with Crippen molar-refractivity contribution in [1.29, 1.82) is 0 Å². The van der Waals surface area contributed by atoms with Crippen molar-refractivity contribution in [3.8, 4) is 5.75 Å². The molecule has 0 aliphatic rings. The van der Waals surface area contributed by atoms with E-state index in [0.717, 1.165) is 41.6 Å². The molecule has 0 fully saturated rings. The molecule has 20 heavy (non-hydrogen) atoms. The zero-order valence-electron chi connectivity index (χ0n) is 12.6. The molecule has 0 aliphatic carbocycles. The monoisotopic (exact) mass is 274 g/mol. The Morgan fingerprint density at radius 3 is 2.70 bits per heavy atom. The van der Waals surface area contributed by atoms with E-state index in [4.69, 9.17) is 4.74 Å². The summed E-state index contributed by atoms with van der Waals surface area (Å²) in [5.41, 5.74) is 4.01. The first-order valence-corrected chi connectivity index (χ1v) is 6.89. The van der Waals surface area contributed by atoms with E-state index in [0.29, 0.717) is 6.61 Å². The molecule has 0 radical (unpaired) electrons. The van der Waals surface area contributed by atoms with Crippen LogP contribution in [0.2, 0.25) is 0 Å². The lowest BCUT2D eigenvalue weighted by molar-refractivity contribution is 0.289. The average molecular weight is 274 g/mol. The van der Waals surface area contributed by atoms with Gasteiger partial charge in [0.15, 0.2) is 0 Å². The van der Waals surface area contributed by atoms with Crippen molar-refractivity contribution >= 4 is 0 Å². The van der Waals surface area contributed by atoms with Gasteiger partial charge in [0, 0.05) is 19.3 Å². The Hall–Kier alpha value is -1.88. The standard InChI is InChI=1S/C15H22N4O/c1-5-16-9-14-15(7-6-11(2)17-14)20-10-13-8-12(3)18-19(13)4/h6-8,16H,5,9-10H2,1-4H3. The topological polar surface area (TPSA) is 52.0 Å². The lowest BCUT2D eigenvalue weighted by Gasteiger charge is -2.12. The van der Waals surface area contributed by atoms with Crippen LogP contribution in [0.25, 0.3) is 0 Å². The minimum absolute atomic E-state index is 0.501. The molecule has 0 aromatic carbocycles. The second-order valence-corrected chi connectivity index (χ2v) is 4.87. The highest BCUT2D eigenvalue weighted by atomic mass is 16.5. The van der Waals surface area contributed by atoms with E-state index >= 15 is 0 Å². The number of rotatable bonds is 6. The number of ether oxygens (including phenoxy) is 1. The molecule has 0 spiro atoms. The predicted molar refractivity (Wildman–Crippen MR) is 78.6 cm³/mol. The van der Waals surface area contributed by atoms with E-state index in [1.165, 1.54) is 0 Å². The van der Waals surface area contributed by atoms with Crippen molar-refractivity contribution in [2.45, 2.75) is 33.9 Å². The van der Waals surface area contributed by atoms with Gasteiger partial charge in [-0.15, -0.1) is 0 Å². The second kappa shape index (κ2) is 6.52. The van der Waals surface area contributed by atoms with Gasteiger partial charge in [0.25, 0.3) is 0 Å². The highest BCUT2D eigenvalue weighted by molar-refractivity contribution is 5.29. The third kappa shape index (κ3) is 3.57. The lowest BCUT2D eigenvalue weighted by Crippen LogP contribution is -2.15. The van der Waals surface area contributed by atoms with Gasteiger partial charge in [-0.2, -0.15) is 5.10 Å². The van der Waals surface area contributed by atoms with E-state index < -0.39 is 0 Å². The van der Waals surface area contributed by atoms with Gasteiger partial charge < -0.3 is 10.1 Å². The maximum Gasteiger partial charge on any atom is 0.142 e. The SMILES string of the molecule is CCNCc1nc(C)ccc1OCc1cc(C)nn1C. The van der Waals surface area contributed by atoms with Crippen LogP contribution in [0.3, 0.4) is 0 Å². The van der Waals surface area contributed by atoms with Crippen LogP contribution in [0.1, 0.15) is 29.7 Å². The molecular formula is C15H22N4O. The van der Waals surface area contributed by atoms with Crippen LogP contribution in [-0.4, -0.2) is 21.3 Å². The van der Waals surface area contributed by atoms with Crippen LogP contribution in [0, 0.1) is 13.8 Å². The van der Waals surface area contributed by atoms with Crippen LogP contribution in [0.4, 0.5) is 0 Å². The molecule has 2 aromatic heterocycles. The summed E-state index contributed by atoms with van der Waals surface area (Å²) in [6.07, 6.45) is 0. The average Bonchev–Trinajstić information content (AvgIpc) is 2.73. The van der Waals surface area contributed by atoms with Crippen molar-refractivity contribution in [2.24, 2.45) is 7.05 Å². The summed E-state index contributed by atoms with van der Waals surface area (Å²) in [6.45, 7) is 8.18. The van der Waals surface area contributed by atoms with Gasteiger partial charge in [0.1, 0.15) is 12.4 Å². The summed E-state index contributed by atoms with van der Waals surface area (Å²) in [7, 11) is 1.93. The highest BCUT2D eigenvalue weighted by Crippen LogP contribution is 2.18. The zero-order chi connectivity index (χ0) is 14.5. The number of nitrogens with one attached hydrogen (secondary N) is 1. The van der Waals surface area contributed by atoms with Gasteiger partial charge in [0.2, 0.25) is 0 Å². The first kappa shape index (κ1) is 14.5.